The van der Waals surface area contributed by atoms with E-state index in [1.54, 1.807) is 6.92 Å². The third-order valence-corrected chi connectivity index (χ3v) is 2.36. The number of ether oxygens (including phenoxy) is 1. The molecular weight excluding hydrogens is 271 g/mol. The highest BCUT2D eigenvalue weighted by Crippen LogP contribution is 2.26. The highest BCUT2D eigenvalue weighted by atomic mass is 35.5. The predicted octanol–water partition coefficient (Wildman–Crippen LogP) is 2.57. The Hall–Kier alpha value is -1.33. The van der Waals surface area contributed by atoms with Crippen LogP contribution in [0, 0.1) is 11.7 Å². The molecule has 19 heavy (non-hydrogen) atoms. The largest absolute Gasteiger partial charge is 0.489 e. The monoisotopic (exact) mass is 290 g/mol. The van der Waals surface area contributed by atoms with Gasteiger partial charge >= 0.3 is 0 Å². The van der Waals surface area contributed by atoms with Gasteiger partial charge in [-0.2, -0.15) is 0 Å². The van der Waals surface area contributed by atoms with Crippen molar-refractivity contribution in [1.82, 2.24) is 0 Å². The number of nitrogens with two attached hydrogens (primary N) is 1. The molecule has 3 N–H and O–H groups in total. The number of carbonyl (C=O) groups excluding carboxylic acids is 1. The van der Waals surface area contributed by atoms with Crippen LogP contribution in [-0.4, -0.2) is 18.6 Å². The summed E-state index contributed by atoms with van der Waals surface area (Å²) in [7, 11) is 0. The third-order valence-electron chi connectivity index (χ3n) is 2.36. The van der Waals surface area contributed by atoms with Crippen LogP contribution in [0.5, 0.6) is 5.75 Å². The molecule has 1 aromatic rings. The normalized spacial score (nSPS) is 11.7. The maximum Gasteiger partial charge on any atom is 0.228 e. The molecule has 0 aliphatic carbocycles. The number of rotatable bonds is 5. The second-order valence-electron chi connectivity index (χ2n) is 4.43. The fourth-order valence-corrected chi connectivity index (χ4v) is 1.32. The number of anilines is 1. The lowest BCUT2D eigenvalue weighted by atomic mass is 10.1. The molecule has 1 atom stereocenters. The Morgan fingerprint density at radius 1 is 1.42 bits per heavy atom. The first-order chi connectivity index (χ1) is 8.43. The lowest BCUT2D eigenvalue weighted by Crippen LogP contribution is -2.27. The lowest BCUT2D eigenvalue weighted by Gasteiger charge is -2.16. The van der Waals surface area contributed by atoms with Gasteiger partial charge in [-0.05, 0) is 26.0 Å². The summed E-state index contributed by atoms with van der Waals surface area (Å²) in [5.41, 5.74) is 5.74. The number of carbonyl (C=O) groups is 1. The second kappa shape index (κ2) is 7.96. The van der Waals surface area contributed by atoms with Crippen molar-refractivity contribution in [3.63, 3.8) is 0 Å². The number of benzene rings is 1. The van der Waals surface area contributed by atoms with Crippen molar-refractivity contribution in [2.45, 2.75) is 26.9 Å². The van der Waals surface area contributed by atoms with Crippen molar-refractivity contribution in [2.75, 3.05) is 11.9 Å². The summed E-state index contributed by atoms with van der Waals surface area (Å²) in [4.78, 5) is 11.7. The molecule has 6 heteroatoms. The highest BCUT2D eigenvalue weighted by molar-refractivity contribution is 5.93. The Morgan fingerprint density at radius 2 is 2.05 bits per heavy atom. The lowest BCUT2D eigenvalue weighted by molar-refractivity contribution is -0.119. The van der Waals surface area contributed by atoms with Gasteiger partial charge in [0.25, 0.3) is 0 Å². The number of halogens is 2. The molecule has 0 aromatic heterocycles. The quantitative estimate of drug-likeness (QED) is 0.876. The third kappa shape index (κ3) is 5.44. The average Bonchev–Trinajstić information content (AvgIpc) is 2.31. The van der Waals surface area contributed by atoms with E-state index in [4.69, 9.17) is 10.5 Å². The van der Waals surface area contributed by atoms with Crippen molar-refractivity contribution in [3.05, 3.63) is 24.0 Å². The minimum Gasteiger partial charge on any atom is -0.489 e. The first-order valence-corrected chi connectivity index (χ1v) is 5.91. The van der Waals surface area contributed by atoms with Crippen molar-refractivity contribution in [2.24, 2.45) is 11.7 Å². The average molecular weight is 291 g/mol. The number of hydrogen-bond acceptors (Lipinski definition) is 3. The summed E-state index contributed by atoms with van der Waals surface area (Å²) >= 11 is 0. The molecule has 0 radical (unpaired) electrons. The van der Waals surface area contributed by atoms with Crippen LogP contribution in [0.15, 0.2) is 18.2 Å². The molecule has 0 fully saturated rings. The van der Waals surface area contributed by atoms with Gasteiger partial charge in [-0.3, -0.25) is 4.79 Å². The van der Waals surface area contributed by atoms with Crippen LogP contribution in [0.2, 0.25) is 0 Å². The van der Waals surface area contributed by atoms with Crippen molar-refractivity contribution in [3.8, 4) is 5.75 Å². The summed E-state index contributed by atoms with van der Waals surface area (Å²) in [6.07, 6.45) is -0.0574. The zero-order valence-corrected chi connectivity index (χ0v) is 12.1. The van der Waals surface area contributed by atoms with Crippen LogP contribution in [0.25, 0.3) is 0 Å². The molecule has 0 aliphatic heterocycles. The van der Waals surface area contributed by atoms with Gasteiger partial charge in [-0.25, -0.2) is 4.39 Å². The standard InChI is InChI=1S/C13H19FN2O2.ClH/c1-8(2)18-12-5-4-10(14)6-11(12)16-13(17)9(3)7-15;/h4-6,8-9H,7,15H2,1-3H3,(H,16,17);1H. The molecule has 0 saturated heterocycles. The van der Waals surface area contributed by atoms with E-state index in [9.17, 15) is 9.18 Å². The number of amides is 1. The van der Waals surface area contributed by atoms with Crippen LogP contribution < -0.4 is 15.8 Å². The summed E-state index contributed by atoms with van der Waals surface area (Å²) in [6, 6.07) is 4.02. The topological polar surface area (TPSA) is 64.3 Å². The van der Waals surface area contributed by atoms with E-state index < -0.39 is 5.82 Å². The smallest absolute Gasteiger partial charge is 0.228 e. The molecule has 0 heterocycles. The van der Waals surface area contributed by atoms with E-state index in [0.717, 1.165) is 0 Å². The molecule has 1 unspecified atom stereocenters. The Balaban J connectivity index is 0.00000324. The van der Waals surface area contributed by atoms with Gasteiger partial charge in [0.1, 0.15) is 11.6 Å². The molecule has 1 aromatic carbocycles. The molecule has 0 saturated carbocycles. The van der Waals surface area contributed by atoms with Gasteiger partial charge in [0.15, 0.2) is 0 Å². The summed E-state index contributed by atoms with van der Waals surface area (Å²) in [6.45, 7) is 5.66. The van der Waals surface area contributed by atoms with Crippen molar-refractivity contribution >= 4 is 24.0 Å². The van der Waals surface area contributed by atoms with Gasteiger partial charge in [-0.1, -0.05) is 6.92 Å². The van der Waals surface area contributed by atoms with E-state index in [1.807, 2.05) is 13.8 Å². The van der Waals surface area contributed by atoms with E-state index >= 15 is 0 Å². The maximum absolute atomic E-state index is 13.2. The fraction of sp³-hybridized carbons (Fsp3) is 0.462. The van der Waals surface area contributed by atoms with E-state index in [0.29, 0.717) is 11.4 Å². The molecular formula is C13H20ClFN2O2. The Bertz CT molecular complexity index is 427. The maximum atomic E-state index is 13.2. The zero-order valence-electron chi connectivity index (χ0n) is 11.3. The molecule has 0 spiro atoms. The summed E-state index contributed by atoms with van der Waals surface area (Å²) in [5, 5.41) is 2.62. The second-order valence-corrected chi connectivity index (χ2v) is 4.43. The minimum absolute atomic E-state index is 0. The van der Waals surface area contributed by atoms with Gasteiger partial charge in [-0.15, -0.1) is 12.4 Å². The highest BCUT2D eigenvalue weighted by Gasteiger charge is 2.14. The molecule has 0 bridgehead atoms. The zero-order chi connectivity index (χ0) is 13.7. The Kier molecular flexibility index (Phi) is 7.41. The summed E-state index contributed by atoms with van der Waals surface area (Å²) in [5.74, 6) is -0.567. The van der Waals surface area contributed by atoms with E-state index in [2.05, 4.69) is 5.32 Å². The van der Waals surface area contributed by atoms with Crippen LogP contribution in [-0.2, 0) is 4.79 Å². The first-order valence-electron chi connectivity index (χ1n) is 5.91. The fourth-order valence-electron chi connectivity index (χ4n) is 1.32. The molecule has 0 aliphatic rings. The Morgan fingerprint density at radius 3 is 2.58 bits per heavy atom. The molecule has 4 nitrogen and oxygen atoms in total. The SMILES string of the molecule is CC(C)Oc1ccc(F)cc1NC(=O)C(C)CN.Cl. The van der Waals surface area contributed by atoms with Crippen LogP contribution in [0.4, 0.5) is 10.1 Å². The van der Waals surface area contributed by atoms with Crippen molar-refractivity contribution < 1.29 is 13.9 Å². The van der Waals surface area contributed by atoms with Crippen LogP contribution in [0.3, 0.4) is 0 Å². The van der Waals surface area contributed by atoms with Crippen LogP contribution in [0.1, 0.15) is 20.8 Å². The molecule has 1 amide bonds. The molecule has 108 valence electrons. The molecule has 1 rings (SSSR count). The van der Waals surface area contributed by atoms with Crippen LogP contribution >= 0.6 is 12.4 Å². The van der Waals surface area contributed by atoms with E-state index in [-0.39, 0.29) is 36.9 Å². The van der Waals surface area contributed by atoms with Gasteiger partial charge < -0.3 is 15.8 Å². The van der Waals surface area contributed by atoms with Crippen molar-refractivity contribution in [1.29, 1.82) is 0 Å². The minimum atomic E-state index is -0.429. The first kappa shape index (κ1) is 17.7. The summed E-state index contributed by atoms with van der Waals surface area (Å²) < 4.78 is 18.7. The number of nitrogens with one attached hydrogen (secondary N) is 1. The van der Waals surface area contributed by atoms with Gasteiger partial charge in [0, 0.05) is 18.5 Å². The predicted molar refractivity (Wildman–Crippen MR) is 76.3 cm³/mol. The van der Waals surface area contributed by atoms with E-state index in [1.165, 1.54) is 18.2 Å². The van der Waals surface area contributed by atoms with Gasteiger partial charge in [0.05, 0.1) is 11.8 Å². The van der Waals surface area contributed by atoms with Gasteiger partial charge in [0.2, 0.25) is 5.91 Å². The number of hydrogen-bond donors (Lipinski definition) is 2. The Labute approximate surface area is 118 Å².